The van der Waals surface area contributed by atoms with Gasteiger partial charge < -0.3 is 20.5 Å². The number of anilines is 1. The summed E-state index contributed by atoms with van der Waals surface area (Å²) in [6.07, 6.45) is 1.80. The van der Waals surface area contributed by atoms with E-state index in [1.165, 1.54) is 7.11 Å². The Kier molecular flexibility index (Phi) is 5.63. The molecule has 7 heteroatoms. The van der Waals surface area contributed by atoms with Crippen molar-refractivity contribution in [2.24, 2.45) is 16.6 Å². The number of rotatable bonds is 5. The van der Waals surface area contributed by atoms with Crippen molar-refractivity contribution in [3.05, 3.63) is 18.2 Å². The molecule has 0 amide bonds. The minimum atomic E-state index is -2.66. The van der Waals surface area contributed by atoms with E-state index in [1.807, 2.05) is 0 Å². The Hall–Kier alpha value is -2.05. The molecule has 3 N–H and O–H groups in total. The number of hydrogen-bond acceptors (Lipinski definition) is 3. The van der Waals surface area contributed by atoms with Crippen molar-refractivity contribution < 1.29 is 18.3 Å². The lowest BCUT2D eigenvalue weighted by Crippen LogP contribution is -2.35. The van der Waals surface area contributed by atoms with E-state index < -0.39 is 11.8 Å². The molecule has 0 bridgehead atoms. The van der Waals surface area contributed by atoms with Crippen molar-refractivity contribution in [3.63, 3.8) is 0 Å². The number of aliphatic imine (C=N–C) groups is 1. The van der Waals surface area contributed by atoms with Gasteiger partial charge in [0.05, 0.1) is 26.5 Å². The maximum atomic E-state index is 13.8. The molecule has 1 unspecified atom stereocenters. The standard InChI is InChI=1S/C16H23F2N3O2/c1-22-12-6-7-14(23-2)13(9-12)21-15(19)20-10-11-5-3-4-8-16(11,17)18/h6-7,9,11H,3-5,8,10H2,1-2H3,(H3,19,20,21). The van der Waals surface area contributed by atoms with Gasteiger partial charge in [0.2, 0.25) is 0 Å². The van der Waals surface area contributed by atoms with Gasteiger partial charge in [-0.05, 0) is 25.0 Å². The summed E-state index contributed by atoms with van der Waals surface area (Å²) in [6, 6.07) is 5.18. The van der Waals surface area contributed by atoms with Crippen LogP contribution in [0.4, 0.5) is 14.5 Å². The molecule has 1 aromatic rings. The van der Waals surface area contributed by atoms with Crippen LogP contribution >= 0.6 is 0 Å². The summed E-state index contributed by atoms with van der Waals surface area (Å²) in [6.45, 7) is 0.0120. The highest BCUT2D eigenvalue weighted by atomic mass is 19.3. The highest BCUT2D eigenvalue weighted by Crippen LogP contribution is 2.38. The van der Waals surface area contributed by atoms with E-state index in [0.717, 1.165) is 6.42 Å². The van der Waals surface area contributed by atoms with Gasteiger partial charge in [-0.3, -0.25) is 4.99 Å². The number of nitrogens with zero attached hydrogens (tertiary/aromatic N) is 1. The summed E-state index contributed by atoms with van der Waals surface area (Å²) in [7, 11) is 3.08. The Morgan fingerprint density at radius 2 is 2.13 bits per heavy atom. The van der Waals surface area contributed by atoms with Crippen LogP contribution in [-0.2, 0) is 0 Å². The number of benzene rings is 1. The zero-order valence-corrected chi connectivity index (χ0v) is 13.4. The van der Waals surface area contributed by atoms with Gasteiger partial charge in [-0.1, -0.05) is 6.42 Å². The van der Waals surface area contributed by atoms with Crippen molar-refractivity contribution in [1.82, 2.24) is 0 Å². The number of ether oxygens (including phenoxy) is 2. The first kappa shape index (κ1) is 17.3. The Morgan fingerprint density at radius 1 is 1.35 bits per heavy atom. The van der Waals surface area contributed by atoms with Crippen LogP contribution in [0.3, 0.4) is 0 Å². The summed E-state index contributed by atoms with van der Waals surface area (Å²) < 4.78 is 38.0. The number of hydrogen-bond donors (Lipinski definition) is 2. The molecule has 0 spiro atoms. The van der Waals surface area contributed by atoms with Gasteiger partial charge >= 0.3 is 0 Å². The van der Waals surface area contributed by atoms with Crippen LogP contribution in [0.25, 0.3) is 0 Å². The molecular formula is C16H23F2N3O2. The summed E-state index contributed by atoms with van der Waals surface area (Å²) in [5.41, 5.74) is 6.40. The number of halogens is 2. The maximum absolute atomic E-state index is 13.8. The zero-order chi connectivity index (χ0) is 16.9. The molecular weight excluding hydrogens is 304 g/mol. The summed E-state index contributed by atoms with van der Waals surface area (Å²) in [5.74, 6) is -2.14. The molecule has 1 saturated carbocycles. The Bertz CT molecular complexity index is 564. The van der Waals surface area contributed by atoms with E-state index in [2.05, 4.69) is 10.3 Å². The molecule has 1 aliphatic carbocycles. The first-order valence-electron chi connectivity index (χ1n) is 7.63. The molecule has 1 fully saturated rings. The minimum absolute atomic E-state index is 0.0120. The van der Waals surface area contributed by atoms with Crippen LogP contribution in [0.15, 0.2) is 23.2 Å². The number of nitrogens with one attached hydrogen (secondary N) is 1. The van der Waals surface area contributed by atoms with Gasteiger partial charge in [-0.2, -0.15) is 0 Å². The third-order valence-electron chi connectivity index (χ3n) is 4.06. The van der Waals surface area contributed by atoms with Crippen LogP contribution in [0.5, 0.6) is 11.5 Å². The fourth-order valence-electron chi connectivity index (χ4n) is 2.69. The summed E-state index contributed by atoms with van der Waals surface area (Å²) in [4.78, 5) is 4.08. The molecule has 23 heavy (non-hydrogen) atoms. The van der Waals surface area contributed by atoms with Crippen molar-refractivity contribution in [3.8, 4) is 11.5 Å². The minimum Gasteiger partial charge on any atom is -0.497 e. The van der Waals surface area contributed by atoms with Crippen molar-refractivity contribution >= 4 is 11.6 Å². The third kappa shape index (κ3) is 4.46. The fraction of sp³-hybridized carbons (Fsp3) is 0.562. The van der Waals surface area contributed by atoms with Gasteiger partial charge in [-0.25, -0.2) is 8.78 Å². The largest absolute Gasteiger partial charge is 0.497 e. The molecule has 1 aliphatic rings. The Balaban J connectivity index is 2.04. The zero-order valence-electron chi connectivity index (χ0n) is 13.4. The molecule has 0 heterocycles. The molecule has 0 radical (unpaired) electrons. The van der Waals surface area contributed by atoms with Crippen LogP contribution in [0.2, 0.25) is 0 Å². The highest BCUT2D eigenvalue weighted by Gasteiger charge is 2.40. The third-order valence-corrected chi connectivity index (χ3v) is 4.06. The quantitative estimate of drug-likeness (QED) is 0.643. The molecule has 1 aromatic carbocycles. The maximum Gasteiger partial charge on any atom is 0.252 e. The lowest BCUT2D eigenvalue weighted by molar-refractivity contribution is -0.0814. The van der Waals surface area contributed by atoms with Crippen molar-refractivity contribution in [1.29, 1.82) is 0 Å². The number of methoxy groups -OCH3 is 2. The van der Waals surface area contributed by atoms with Crippen molar-refractivity contribution in [2.75, 3.05) is 26.1 Å². The van der Waals surface area contributed by atoms with Crippen LogP contribution < -0.4 is 20.5 Å². The monoisotopic (exact) mass is 327 g/mol. The molecule has 0 aromatic heterocycles. The van der Waals surface area contributed by atoms with Crippen LogP contribution in [0.1, 0.15) is 25.7 Å². The van der Waals surface area contributed by atoms with E-state index in [4.69, 9.17) is 15.2 Å². The van der Waals surface area contributed by atoms with E-state index >= 15 is 0 Å². The normalized spacial score (nSPS) is 20.9. The van der Waals surface area contributed by atoms with Gasteiger partial charge in [0.15, 0.2) is 5.96 Å². The smallest absolute Gasteiger partial charge is 0.252 e. The molecule has 1 atom stereocenters. The molecule has 2 rings (SSSR count). The van der Waals surface area contributed by atoms with E-state index in [-0.39, 0.29) is 18.9 Å². The lowest BCUT2D eigenvalue weighted by atomic mass is 9.86. The molecule has 5 nitrogen and oxygen atoms in total. The van der Waals surface area contributed by atoms with Gasteiger partial charge in [0.1, 0.15) is 11.5 Å². The van der Waals surface area contributed by atoms with Gasteiger partial charge in [0, 0.05) is 18.4 Å². The SMILES string of the molecule is COc1ccc(OC)c(NC(N)=NCC2CCCCC2(F)F)c1. The average Bonchev–Trinajstić information content (AvgIpc) is 2.53. The predicted octanol–water partition coefficient (Wildman–Crippen LogP) is 3.26. The fourth-order valence-corrected chi connectivity index (χ4v) is 2.69. The second-order valence-corrected chi connectivity index (χ2v) is 5.62. The number of alkyl halides is 2. The summed E-state index contributed by atoms with van der Waals surface area (Å²) in [5, 5.41) is 2.88. The second-order valence-electron chi connectivity index (χ2n) is 5.62. The Labute approximate surface area is 134 Å². The highest BCUT2D eigenvalue weighted by molar-refractivity contribution is 5.94. The van der Waals surface area contributed by atoms with Crippen molar-refractivity contribution in [2.45, 2.75) is 31.6 Å². The number of nitrogens with two attached hydrogens (primary N) is 1. The van der Waals surface area contributed by atoms with Crippen LogP contribution in [-0.4, -0.2) is 32.6 Å². The Morgan fingerprint density at radius 3 is 2.78 bits per heavy atom. The first-order chi connectivity index (χ1) is 11.0. The average molecular weight is 327 g/mol. The number of guanidine groups is 1. The van der Waals surface area contributed by atoms with Crippen LogP contribution in [0, 0.1) is 5.92 Å². The predicted molar refractivity (Wildman–Crippen MR) is 86.6 cm³/mol. The van der Waals surface area contributed by atoms with E-state index in [1.54, 1.807) is 25.3 Å². The molecule has 0 saturated heterocycles. The summed E-state index contributed by atoms with van der Waals surface area (Å²) >= 11 is 0. The second kappa shape index (κ2) is 7.48. The van der Waals surface area contributed by atoms with E-state index in [0.29, 0.717) is 30.0 Å². The molecule has 0 aliphatic heterocycles. The van der Waals surface area contributed by atoms with Gasteiger partial charge in [0.25, 0.3) is 5.92 Å². The van der Waals surface area contributed by atoms with Gasteiger partial charge in [-0.15, -0.1) is 0 Å². The first-order valence-corrected chi connectivity index (χ1v) is 7.63. The van der Waals surface area contributed by atoms with E-state index in [9.17, 15) is 8.78 Å². The lowest BCUT2D eigenvalue weighted by Gasteiger charge is -2.30. The molecule has 128 valence electrons. The topological polar surface area (TPSA) is 68.9 Å².